The van der Waals surface area contributed by atoms with Crippen LogP contribution in [0.3, 0.4) is 0 Å². The summed E-state index contributed by atoms with van der Waals surface area (Å²) in [5.74, 6) is 0.394. The summed E-state index contributed by atoms with van der Waals surface area (Å²) in [5, 5.41) is 17.6. The molecule has 0 bridgehead atoms. The first-order valence-electron chi connectivity index (χ1n) is 5.09. The van der Waals surface area contributed by atoms with Gasteiger partial charge in [0.15, 0.2) is 0 Å². The van der Waals surface area contributed by atoms with Gasteiger partial charge in [0.25, 0.3) is 5.56 Å². The fraction of sp³-hybridized carbons (Fsp3) is 0.667. The zero-order valence-corrected chi connectivity index (χ0v) is 9.28. The molecule has 0 amide bonds. The van der Waals surface area contributed by atoms with Crippen molar-refractivity contribution in [2.45, 2.75) is 26.3 Å². The zero-order chi connectivity index (χ0) is 12.1. The molecule has 0 saturated carbocycles. The molecular formula is C9H16N4O3. The van der Waals surface area contributed by atoms with E-state index in [4.69, 9.17) is 5.11 Å². The summed E-state index contributed by atoms with van der Waals surface area (Å²) >= 11 is 0. The molecule has 0 spiro atoms. The SMILES string of the molecule is CC(C)CC(CO)Nc1n[nH]c(=O)[nH]c1=O. The van der Waals surface area contributed by atoms with Crippen LogP contribution >= 0.6 is 0 Å². The Morgan fingerprint density at radius 2 is 2.12 bits per heavy atom. The van der Waals surface area contributed by atoms with Gasteiger partial charge in [-0.2, -0.15) is 0 Å². The number of anilines is 1. The molecular weight excluding hydrogens is 212 g/mol. The van der Waals surface area contributed by atoms with Gasteiger partial charge in [-0.05, 0) is 12.3 Å². The monoisotopic (exact) mass is 228 g/mol. The minimum atomic E-state index is -0.653. The van der Waals surface area contributed by atoms with Gasteiger partial charge in [0.05, 0.1) is 12.6 Å². The molecule has 1 atom stereocenters. The van der Waals surface area contributed by atoms with Gasteiger partial charge in [-0.3, -0.25) is 9.78 Å². The van der Waals surface area contributed by atoms with Crippen LogP contribution in [0.1, 0.15) is 20.3 Å². The van der Waals surface area contributed by atoms with Gasteiger partial charge in [-0.15, -0.1) is 5.10 Å². The van der Waals surface area contributed by atoms with E-state index < -0.39 is 11.2 Å². The number of H-pyrrole nitrogens is 2. The van der Waals surface area contributed by atoms with E-state index in [1.165, 1.54) is 0 Å². The highest BCUT2D eigenvalue weighted by atomic mass is 16.3. The average Bonchev–Trinajstić information content (AvgIpc) is 2.20. The third-order valence-corrected chi connectivity index (χ3v) is 2.03. The Hall–Kier alpha value is -1.63. The van der Waals surface area contributed by atoms with Crippen molar-refractivity contribution in [2.75, 3.05) is 11.9 Å². The molecule has 1 heterocycles. The average molecular weight is 228 g/mol. The minimum absolute atomic E-state index is 0.0132. The maximum absolute atomic E-state index is 11.3. The summed E-state index contributed by atoms with van der Waals surface area (Å²) in [5.41, 5.74) is -1.24. The number of nitrogens with zero attached hydrogens (tertiary/aromatic N) is 1. The number of hydrogen-bond acceptors (Lipinski definition) is 5. The Labute approximate surface area is 91.9 Å². The molecule has 0 aliphatic heterocycles. The van der Waals surface area contributed by atoms with Gasteiger partial charge in [-0.25, -0.2) is 9.89 Å². The highest BCUT2D eigenvalue weighted by Crippen LogP contribution is 2.07. The van der Waals surface area contributed by atoms with Gasteiger partial charge >= 0.3 is 5.69 Å². The van der Waals surface area contributed by atoms with Crippen LogP contribution in [0.25, 0.3) is 0 Å². The van der Waals surface area contributed by atoms with Crippen molar-refractivity contribution in [3.05, 3.63) is 20.8 Å². The van der Waals surface area contributed by atoms with Crippen molar-refractivity contribution in [2.24, 2.45) is 5.92 Å². The number of nitrogens with one attached hydrogen (secondary N) is 3. The van der Waals surface area contributed by atoms with Crippen LogP contribution in [0, 0.1) is 5.92 Å². The van der Waals surface area contributed by atoms with Crippen LogP contribution in [-0.4, -0.2) is 32.9 Å². The van der Waals surface area contributed by atoms with Crippen LogP contribution in [0.5, 0.6) is 0 Å². The number of hydrogen-bond donors (Lipinski definition) is 4. The molecule has 1 aromatic heterocycles. The van der Waals surface area contributed by atoms with E-state index in [1.807, 2.05) is 18.8 Å². The third-order valence-electron chi connectivity index (χ3n) is 2.03. The van der Waals surface area contributed by atoms with Crippen LogP contribution in [0.15, 0.2) is 9.59 Å². The summed E-state index contributed by atoms with van der Waals surface area (Å²) in [6, 6.07) is -0.250. The maximum Gasteiger partial charge on any atom is 0.342 e. The van der Waals surface area contributed by atoms with Crippen molar-refractivity contribution in [1.82, 2.24) is 15.2 Å². The lowest BCUT2D eigenvalue weighted by Gasteiger charge is -2.17. The summed E-state index contributed by atoms with van der Waals surface area (Å²) in [4.78, 5) is 24.1. The smallest absolute Gasteiger partial charge is 0.342 e. The Balaban J connectivity index is 2.78. The van der Waals surface area contributed by atoms with Crippen LogP contribution < -0.4 is 16.6 Å². The second-order valence-corrected chi connectivity index (χ2v) is 4.01. The fourth-order valence-electron chi connectivity index (χ4n) is 1.39. The predicted octanol–water partition coefficient (Wildman–Crippen LogP) is -0.723. The van der Waals surface area contributed by atoms with E-state index in [0.29, 0.717) is 12.3 Å². The lowest BCUT2D eigenvalue weighted by molar-refractivity contribution is 0.259. The predicted molar refractivity (Wildman–Crippen MR) is 59.4 cm³/mol. The number of rotatable bonds is 5. The van der Waals surface area contributed by atoms with E-state index >= 15 is 0 Å². The molecule has 0 aliphatic rings. The second-order valence-electron chi connectivity index (χ2n) is 4.01. The first-order valence-corrected chi connectivity index (χ1v) is 5.09. The van der Waals surface area contributed by atoms with Crippen molar-refractivity contribution in [1.29, 1.82) is 0 Å². The van der Waals surface area contributed by atoms with Gasteiger partial charge in [0.2, 0.25) is 5.82 Å². The minimum Gasteiger partial charge on any atom is -0.394 e. The highest BCUT2D eigenvalue weighted by molar-refractivity contribution is 5.30. The van der Waals surface area contributed by atoms with Gasteiger partial charge in [0.1, 0.15) is 0 Å². The Kier molecular flexibility index (Phi) is 4.24. The zero-order valence-electron chi connectivity index (χ0n) is 9.28. The molecule has 7 nitrogen and oxygen atoms in total. The van der Waals surface area contributed by atoms with Gasteiger partial charge < -0.3 is 10.4 Å². The van der Waals surface area contributed by atoms with Gasteiger partial charge in [-0.1, -0.05) is 13.8 Å². The van der Waals surface area contributed by atoms with Crippen molar-refractivity contribution < 1.29 is 5.11 Å². The summed E-state index contributed by atoms with van der Waals surface area (Å²) in [7, 11) is 0. The molecule has 0 aromatic carbocycles. The molecule has 0 saturated heterocycles. The molecule has 1 unspecified atom stereocenters. The maximum atomic E-state index is 11.3. The van der Waals surface area contributed by atoms with Crippen LogP contribution in [-0.2, 0) is 0 Å². The molecule has 0 radical (unpaired) electrons. The summed E-state index contributed by atoms with van der Waals surface area (Å²) in [6.45, 7) is 3.92. The molecule has 1 rings (SSSR count). The Morgan fingerprint density at radius 3 is 2.62 bits per heavy atom. The molecule has 0 fully saturated rings. The lowest BCUT2D eigenvalue weighted by Crippen LogP contribution is -2.33. The summed E-state index contributed by atoms with van der Waals surface area (Å²) in [6.07, 6.45) is 0.705. The number of aliphatic hydroxyl groups excluding tert-OH is 1. The fourth-order valence-corrected chi connectivity index (χ4v) is 1.39. The van der Waals surface area contributed by atoms with Crippen molar-refractivity contribution in [3.8, 4) is 0 Å². The molecule has 1 aromatic rings. The molecule has 16 heavy (non-hydrogen) atoms. The number of aromatic nitrogens is 3. The second kappa shape index (κ2) is 5.45. The first-order chi connectivity index (χ1) is 7.52. The van der Waals surface area contributed by atoms with E-state index in [0.717, 1.165) is 0 Å². The van der Waals surface area contributed by atoms with E-state index in [-0.39, 0.29) is 18.5 Å². The van der Waals surface area contributed by atoms with E-state index in [2.05, 4.69) is 15.5 Å². The third kappa shape index (κ3) is 3.50. The normalized spacial score (nSPS) is 12.8. The largest absolute Gasteiger partial charge is 0.394 e. The lowest BCUT2D eigenvalue weighted by atomic mass is 10.0. The highest BCUT2D eigenvalue weighted by Gasteiger charge is 2.12. The quantitative estimate of drug-likeness (QED) is 0.531. The van der Waals surface area contributed by atoms with Crippen molar-refractivity contribution >= 4 is 5.82 Å². The van der Waals surface area contributed by atoms with Gasteiger partial charge in [0, 0.05) is 0 Å². The van der Waals surface area contributed by atoms with E-state index in [9.17, 15) is 9.59 Å². The van der Waals surface area contributed by atoms with Crippen LogP contribution in [0.2, 0.25) is 0 Å². The Bertz CT molecular complexity index is 437. The first kappa shape index (κ1) is 12.4. The van der Waals surface area contributed by atoms with E-state index in [1.54, 1.807) is 0 Å². The molecule has 4 N–H and O–H groups in total. The summed E-state index contributed by atoms with van der Waals surface area (Å²) < 4.78 is 0. The molecule has 7 heteroatoms. The Morgan fingerprint density at radius 1 is 1.44 bits per heavy atom. The number of aliphatic hydroxyl groups is 1. The molecule has 0 aliphatic carbocycles. The van der Waals surface area contributed by atoms with Crippen LogP contribution in [0.4, 0.5) is 5.82 Å². The topological polar surface area (TPSA) is 111 Å². The molecule has 90 valence electrons. The number of aromatic amines is 2. The van der Waals surface area contributed by atoms with Crippen molar-refractivity contribution in [3.63, 3.8) is 0 Å². The standard InChI is InChI=1S/C9H16N4O3/c1-5(2)3-6(4-14)10-7-8(15)11-9(16)13-12-7/h5-6,14H,3-4H2,1-2H3,(H,10,12)(H2,11,13,15,16).